The molecule has 0 amide bonds. The Balaban J connectivity index is 0. The molecule has 0 spiro atoms. The third-order valence-electron chi connectivity index (χ3n) is 5.28. The number of hydrogen-bond acceptors (Lipinski definition) is 1. The monoisotopic (exact) mass is 394 g/mol. The first-order valence-corrected chi connectivity index (χ1v) is 13.1. The van der Waals surface area contributed by atoms with Gasteiger partial charge in [-0.15, -0.1) is 0 Å². The number of rotatable bonds is 22. The predicted molar refractivity (Wildman–Crippen MR) is 127 cm³/mol. The summed E-state index contributed by atoms with van der Waals surface area (Å²) in [7, 11) is 0. The van der Waals surface area contributed by atoms with Crippen LogP contribution in [0.4, 0.5) is 0 Å². The average molecular weight is 395 g/mol. The van der Waals surface area contributed by atoms with Gasteiger partial charge in [0.15, 0.2) is 0 Å². The SMILES string of the molecule is CCCCCCCCCCCCSCCCCCCCCCCCC.[Mg]. The lowest BCUT2D eigenvalue weighted by Crippen LogP contribution is -1.87. The fourth-order valence-electron chi connectivity index (χ4n) is 3.49. The Labute approximate surface area is 188 Å². The second-order valence-corrected chi connectivity index (χ2v) is 9.20. The van der Waals surface area contributed by atoms with Crippen LogP contribution in [0.2, 0.25) is 0 Å². The second kappa shape index (κ2) is 28.3. The molecule has 2 radical (unpaired) electrons. The van der Waals surface area contributed by atoms with Crippen molar-refractivity contribution in [1.29, 1.82) is 0 Å². The molecule has 26 heavy (non-hydrogen) atoms. The fraction of sp³-hybridized carbons (Fsp3) is 1.00. The number of unbranched alkanes of at least 4 members (excludes halogenated alkanes) is 18. The Kier molecular flexibility index (Phi) is 31.9. The fourth-order valence-corrected chi connectivity index (χ4v) is 4.51. The van der Waals surface area contributed by atoms with E-state index in [2.05, 4.69) is 25.6 Å². The molecule has 0 aromatic carbocycles. The highest BCUT2D eigenvalue weighted by atomic mass is 32.2. The smallest absolute Gasteiger partial charge is 0 e. The molecule has 0 unspecified atom stereocenters. The van der Waals surface area contributed by atoms with Crippen molar-refractivity contribution in [3.8, 4) is 0 Å². The van der Waals surface area contributed by atoms with Gasteiger partial charge in [-0.25, -0.2) is 0 Å². The normalized spacial score (nSPS) is 10.8. The third kappa shape index (κ3) is 27.3. The van der Waals surface area contributed by atoms with Gasteiger partial charge in [-0.3, -0.25) is 0 Å². The van der Waals surface area contributed by atoms with E-state index in [0.29, 0.717) is 0 Å². The van der Waals surface area contributed by atoms with Crippen LogP contribution in [0.25, 0.3) is 0 Å². The zero-order chi connectivity index (χ0) is 18.3. The zero-order valence-electron chi connectivity index (χ0n) is 18.7. The summed E-state index contributed by atoms with van der Waals surface area (Å²) in [6, 6.07) is 0. The molecule has 0 rings (SSSR count). The molecule has 0 heterocycles. The van der Waals surface area contributed by atoms with Crippen LogP contribution in [0.1, 0.15) is 142 Å². The summed E-state index contributed by atoms with van der Waals surface area (Å²) in [6.45, 7) is 4.60. The Hall–Kier alpha value is 1.12. The van der Waals surface area contributed by atoms with Crippen molar-refractivity contribution in [1.82, 2.24) is 0 Å². The summed E-state index contributed by atoms with van der Waals surface area (Å²) in [5, 5.41) is 0. The lowest BCUT2D eigenvalue weighted by atomic mass is 10.1. The van der Waals surface area contributed by atoms with E-state index in [0.717, 1.165) is 0 Å². The Bertz CT molecular complexity index is 198. The average Bonchev–Trinajstić information content (AvgIpc) is 2.63. The van der Waals surface area contributed by atoms with E-state index in [1.54, 1.807) is 0 Å². The van der Waals surface area contributed by atoms with Gasteiger partial charge in [-0.1, -0.05) is 129 Å². The van der Waals surface area contributed by atoms with Gasteiger partial charge in [0.2, 0.25) is 0 Å². The lowest BCUT2D eigenvalue weighted by molar-refractivity contribution is 0.562. The molecule has 0 nitrogen and oxygen atoms in total. The zero-order valence-corrected chi connectivity index (χ0v) is 20.9. The molecule has 0 aromatic rings. The minimum atomic E-state index is 0. The van der Waals surface area contributed by atoms with E-state index in [1.807, 2.05) is 0 Å². The minimum absolute atomic E-state index is 0. The molecule has 0 aromatic heterocycles. The first-order valence-electron chi connectivity index (χ1n) is 12.0. The van der Waals surface area contributed by atoms with Gasteiger partial charge in [0, 0.05) is 23.1 Å². The van der Waals surface area contributed by atoms with Gasteiger partial charge >= 0.3 is 0 Å². The second-order valence-electron chi connectivity index (χ2n) is 7.98. The Morgan fingerprint density at radius 3 is 0.846 bits per heavy atom. The largest absolute Gasteiger partial charge is 0.162 e. The molecule has 0 N–H and O–H groups in total. The highest BCUT2D eigenvalue weighted by molar-refractivity contribution is 7.99. The summed E-state index contributed by atoms with van der Waals surface area (Å²) in [6.07, 6.45) is 29.2. The van der Waals surface area contributed by atoms with Crippen molar-refractivity contribution in [2.45, 2.75) is 142 Å². The summed E-state index contributed by atoms with van der Waals surface area (Å²) >= 11 is 2.21. The molecule has 2 heteroatoms. The minimum Gasteiger partial charge on any atom is -0.162 e. The molecule has 0 aliphatic heterocycles. The predicted octanol–water partition coefficient (Wildman–Crippen LogP) is 9.18. The van der Waals surface area contributed by atoms with Crippen molar-refractivity contribution >= 4 is 34.8 Å². The maximum atomic E-state index is 2.30. The maximum Gasteiger partial charge on any atom is 0 e. The van der Waals surface area contributed by atoms with Crippen molar-refractivity contribution in [3.05, 3.63) is 0 Å². The number of hydrogen-bond donors (Lipinski definition) is 0. The molecule has 0 saturated heterocycles. The van der Waals surface area contributed by atoms with Crippen LogP contribution in [0.15, 0.2) is 0 Å². The summed E-state index contributed by atoms with van der Waals surface area (Å²) in [5.74, 6) is 2.82. The molecular weight excluding hydrogens is 345 g/mol. The third-order valence-corrected chi connectivity index (χ3v) is 6.44. The molecule has 0 atom stereocenters. The summed E-state index contributed by atoms with van der Waals surface area (Å²) < 4.78 is 0. The van der Waals surface area contributed by atoms with E-state index >= 15 is 0 Å². The molecular formula is C24H50MgS. The first kappa shape index (κ1) is 29.3. The standard InChI is InChI=1S/C24H50S.Mg/c1-3-5-7-9-11-13-15-17-19-21-23-25-24-22-20-18-16-14-12-10-8-6-4-2;/h3-24H2,1-2H3;. The molecule has 154 valence electrons. The lowest BCUT2D eigenvalue weighted by Gasteiger charge is -2.04. The van der Waals surface area contributed by atoms with Crippen LogP contribution >= 0.6 is 11.8 Å². The van der Waals surface area contributed by atoms with Gasteiger partial charge in [-0.05, 0) is 24.3 Å². The maximum absolute atomic E-state index is 2.30. The van der Waals surface area contributed by atoms with Gasteiger partial charge < -0.3 is 0 Å². The molecule has 0 bridgehead atoms. The van der Waals surface area contributed by atoms with E-state index in [-0.39, 0.29) is 23.1 Å². The van der Waals surface area contributed by atoms with Crippen LogP contribution < -0.4 is 0 Å². The molecule has 0 saturated carbocycles. The van der Waals surface area contributed by atoms with E-state index in [1.165, 1.54) is 140 Å². The van der Waals surface area contributed by atoms with Gasteiger partial charge in [0.1, 0.15) is 0 Å². The summed E-state index contributed by atoms with van der Waals surface area (Å²) in [5.41, 5.74) is 0. The molecule has 0 fully saturated rings. The van der Waals surface area contributed by atoms with Crippen molar-refractivity contribution in [2.75, 3.05) is 11.5 Å². The van der Waals surface area contributed by atoms with Crippen molar-refractivity contribution in [3.63, 3.8) is 0 Å². The first-order chi connectivity index (χ1) is 12.4. The molecule has 0 aliphatic rings. The van der Waals surface area contributed by atoms with Crippen molar-refractivity contribution in [2.24, 2.45) is 0 Å². The van der Waals surface area contributed by atoms with E-state index in [4.69, 9.17) is 0 Å². The van der Waals surface area contributed by atoms with E-state index < -0.39 is 0 Å². The van der Waals surface area contributed by atoms with E-state index in [9.17, 15) is 0 Å². The molecule has 0 aliphatic carbocycles. The van der Waals surface area contributed by atoms with Crippen LogP contribution in [0.3, 0.4) is 0 Å². The van der Waals surface area contributed by atoms with Crippen molar-refractivity contribution < 1.29 is 0 Å². The Morgan fingerprint density at radius 1 is 0.346 bits per heavy atom. The van der Waals surface area contributed by atoms with Crippen LogP contribution in [-0.2, 0) is 0 Å². The number of thioether (sulfide) groups is 1. The van der Waals surface area contributed by atoms with Crippen LogP contribution in [0.5, 0.6) is 0 Å². The topological polar surface area (TPSA) is 0 Å². The summed E-state index contributed by atoms with van der Waals surface area (Å²) in [4.78, 5) is 0. The highest BCUT2D eigenvalue weighted by Gasteiger charge is 1.95. The highest BCUT2D eigenvalue weighted by Crippen LogP contribution is 2.15. The Morgan fingerprint density at radius 2 is 0.577 bits per heavy atom. The van der Waals surface area contributed by atoms with Crippen LogP contribution in [0, 0.1) is 0 Å². The van der Waals surface area contributed by atoms with Crippen LogP contribution in [-0.4, -0.2) is 34.6 Å². The van der Waals surface area contributed by atoms with Gasteiger partial charge in [0.05, 0.1) is 0 Å². The van der Waals surface area contributed by atoms with Gasteiger partial charge in [0.25, 0.3) is 0 Å². The quantitative estimate of drug-likeness (QED) is 0.130. The van der Waals surface area contributed by atoms with Gasteiger partial charge in [-0.2, -0.15) is 11.8 Å².